The molecule has 13 nitrogen and oxygen atoms in total. The van der Waals surface area contributed by atoms with Gasteiger partial charge in [-0.3, -0.25) is 23.6 Å². The van der Waals surface area contributed by atoms with Crippen molar-refractivity contribution < 1.29 is 40.4 Å². The summed E-state index contributed by atoms with van der Waals surface area (Å²) in [6.07, 6.45) is 4.48. The first-order valence-electron chi connectivity index (χ1n) is 18.2. The van der Waals surface area contributed by atoms with Crippen LogP contribution in [0.2, 0.25) is 0 Å². The van der Waals surface area contributed by atoms with E-state index >= 15 is 0 Å². The average Bonchev–Trinajstić information content (AvgIpc) is 3.04. The maximum atomic E-state index is 12.9. The number of alkyl halides is 2. The molecule has 0 aromatic carbocycles. The zero-order chi connectivity index (χ0) is 39.7. The number of nitrogens with one attached hydrogen (secondary N) is 1. The second-order valence-electron chi connectivity index (χ2n) is 14.1. The molecule has 0 aliphatic carbocycles. The van der Waals surface area contributed by atoms with Crippen LogP contribution in [0.5, 0.6) is 0 Å². The monoisotopic (exact) mass is 772 g/mol. The highest BCUT2D eigenvalue weighted by Gasteiger charge is 2.28. The van der Waals surface area contributed by atoms with Crippen molar-refractivity contribution in [2.45, 2.75) is 91.7 Å². The predicted octanol–water partition coefficient (Wildman–Crippen LogP) is 3.71. The Bertz CT molecular complexity index is 1620. The van der Waals surface area contributed by atoms with Crippen molar-refractivity contribution in [2.24, 2.45) is 11.8 Å². The lowest BCUT2D eigenvalue weighted by atomic mass is 10.0. The molecule has 2 atom stereocenters. The first kappa shape index (κ1) is 45.7. The van der Waals surface area contributed by atoms with Gasteiger partial charge in [-0.2, -0.15) is 8.42 Å². The van der Waals surface area contributed by atoms with Gasteiger partial charge in [-0.15, -0.1) is 0 Å². The van der Waals surface area contributed by atoms with Gasteiger partial charge in [0, 0.05) is 63.8 Å². The van der Waals surface area contributed by atoms with Crippen molar-refractivity contribution >= 4 is 22.1 Å². The molecule has 2 aliphatic heterocycles. The van der Waals surface area contributed by atoms with E-state index in [2.05, 4.69) is 14.1 Å². The third kappa shape index (κ3) is 17.9. The number of H-pyrrole nitrogens is 1. The van der Waals surface area contributed by atoms with Gasteiger partial charge in [0.2, 0.25) is 5.56 Å². The van der Waals surface area contributed by atoms with Crippen LogP contribution < -0.4 is 11.1 Å². The molecular weight excluding hydrogens is 714 g/mol. The Labute approximate surface area is 312 Å². The topological polar surface area (TPSA) is 157 Å². The summed E-state index contributed by atoms with van der Waals surface area (Å²) >= 11 is 0. The molecule has 4 heterocycles. The summed E-state index contributed by atoms with van der Waals surface area (Å²) < 4.78 is 63.1. The summed E-state index contributed by atoms with van der Waals surface area (Å²) in [5.41, 5.74) is 1.77. The Morgan fingerprint density at radius 3 is 1.77 bits per heavy atom. The lowest BCUT2D eigenvalue weighted by Crippen LogP contribution is -2.48. The van der Waals surface area contributed by atoms with Crippen LogP contribution in [0.4, 0.5) is 8.78 Å². The van der Waals surface area contributed by atoms with Crippen molar-refractivity contribution in [2.75, 3.05) is 58.7 Å². The summed E-state index contributed by atoms with van der Waals surface area (Å²) in [7, 11) is -3.63. The van der Waals surface area contributed by atoms with Crippen molar-refractivity contribution in [3.8, 4) is 0 Å². The number of ether oxygens (including phenoxy) is 2. The Hall–Kier alpha value is -3.47. The van der Waals surface area contributed by atoms with Gasteiger partial charge < -0.3 is 19.0 Å². The van der Waals surface area contributed by atoms with Crippen LogP contribution in [-0.4, -0.2) is 117 Å². The van der Waals surface area contributed by atoms with E-state index in [0.717, 1.165) is 43.3 Å². The Morgan fingerprint density at radius 1 is 0.811 bits per heavy atom. The molecular formula is C37H58F2N4O9S. The van der Waals surface area contributed by atoms with Crippen LogP contribution in [0.3, 0.4) is 0 Å². The molecule has 2 saturated heterocycles. The molecule has 0 saturated carbocycles. The minimum Gasteiger partial charge on any atom is -0.464 e. The highest BCUT2D eigenvalue weighted by Crippen LogP contribution is 2.19. The van der Waals surface area contributed by atoms with E-state index in [-0.39, 0.29) is 35.5 Å². The number of carbonyl (C=O) groups excluding carboxylic acids is 2. The van der Waals surface area contributed by atoms with E-state index in [9.17, 15) is 36.4 Å². The molecule has 0 amide bonds. The molecule has 2 fully saturated rings. The number of hydrogen-bond acceptors (Lipinski definition) is 11. The highest BCUT2D eigenvalue weighted by atomic mass is 32.2. The number of hydrogen-bond donors (Lipinski definition) is 1. The fourth-order valence-electron chi connectivity index (χ4n) is 5.55. The molecule has 2 aromatic rings. The molecule has 2 aliphatic rings. The van der Waals surface area contributed by atoms with Crippen LogP contribution in [0.15, 0.2) is 46.2 Å². The van der Waals surface area contributed by atoms with Crippen molar-refractivity contribution in [3.63, 3.8) is 0 Å². The van der Waals surface area contributed by atoms with Gasteiger partial charge in [-0.05, 0) is 62.5 Å². The van der Waals surface area contributed by atoms with Crippen LogP contribution in [0, 0.1) is 11.8 Å². The zero-order valence-corrected chi connectivity index (χ0v) is 32.9. The fraction of sp³-hybridized carbons (Fsp3) is 0.676. The van der Waals surface area contributed by atoms with Crippen molar-refractivity contribution in [1.82, 2.24) is 19.4 Å². The summed E-state index contributed by atoms with van der Waals surface area (Å²) in [4.78, 5) is 53.3. The molecule has 300 valence electrons. The predicted molar refractivity (Wildman–Crippen MR) is 199 cm³/mol. The van der Waals surface area contributed by atoms with Crippen molar-refractivity contribution in [3.05, 3.63) is 68.5 Å². The number of nitrogens with zero attached hydrogens (tertiary/aromatic N) is 3. The maximum Gasteiger partial charge on any atom is 0.336 e. The first-order chi connectivity index (χ1) is 24.9. The van der Waals surface area contributed by atoms with E-state index in [0.29, 0.717) is 45.6 Å². The number of esters is 2. The Balaban J connectivity index is 0.000000291. The minimum atomic E-state index is -3.63. The van der Waals surface area contributed by atoms with Gasteiger partial charge in [0.1, 0.15) is 18.4 Å². The van der Waals surface area contributed by atoms with Gasteiger partial charge >= 0.3 is 11.9 Å². The van der Waals surface area contributed by atoms with Crippen LogP contribution in [0.25, 0.3) is 0 Å². The number of pyridine rings is 2. The number of carbonyl (C=O) groups is 2. The molecule has 2 aromatic heterocycles. The normalized spacial score (nSPS) is 16.4. The third-order valence-electron chi connectivity index (χ3n) is 8.22. The standard InChI is InChI=1S/C18H27FN2O3.C10H13FN2O.C9H18O5S/c1-4-24-18(23)16(9-13(2)3)21-10-14(5-6-17(21)22)7-8-20-11-15(19)12-20;11-9-6-13(7-9)4-3-8-1-2-10(14)12-5-8;1-5-13-9(10)8(6-7(2)3)14-15(4,11)12/h5-6,10,13,15-16H,4,7-9,11-12H2,1-3H3;1-2,5,9H,3-4,6-7H2,(H,12,14);7-8H,5-6H2,1-4H3. The smallest absolute Gasteiger partial charge is 0.336 e. The van der Waals surface area contributed by atoms with Crippen LogP contribution in [-0.2, 0) is 46.2 Å². The number of halogens is 2. The molecule has 53 heavy (non-hydrogen) atoms. The van der Waals surface area contributed by atoms with E-state index in [4.69, 9.17) is 9.47 Å². The van der Waals surface area contributed by atoms with E-state index in [1.807, 2.05) is 38.7 Å². The molecule has 0 spiro atoms. The summed E-state index contributed by atoms with van der Waals surface area (Å²) in [6, 6.07) is 6.00. The molecule has 1 N–H and O–H groups in total. The van der Waals surface area contributed by atoms with Crippen LogP contribution in [0.1, 0.15) is 71.6 Å². The fourth-order valence-corrected chi connectivity index (χ4v) is 6.13. The third-order valence-corrected chi connectivity index (χ3v) is 8.80. The second kappa shape index (κ2) is 22.7. The largest absolute Gasteiger partial charge is 0.464 e. The number of rotatable bonds is 17. The Morgan fingerprint density at radius 2 is 1.32 bits per heavy atom. The van der Waals surface area contributed by atoms with E-state index in [1.54, 1.807) is 32.3 Å². The lowest BCUT2D eigenvalue weighted by Gasteiger charge is -2.34. The highest BCUT2D eigenvalue weighted by molar-refractivity contribution is 7.86. The van der Waals surface area contributed by atoms with Crippen LogP contribution >= 0.6 is 0 Å². The number of aromatic amines is 1. The Kier molecular flexibility index (Phi) is 19.5. The molecule has 4 rings (SSSR count). The van der Waals surface area contributed by atoms with E-state index < -0.39 is 40.6 Å². The van der Waals surface area contributed by atoms with Gasteiger partial charge in [0.25, 0.3) is 15.7 Å². The number of likely N-dealkylation sites (tertiary alicyclic amines) is 2. The average molecular weight is 773 g/mol. The minimum absolute atomic E-state index is 0.0819. The maximum absolute atomic E-state index is 12.9. The number of aromatic nitrogens is 2. The lowest BCUT2D eigenvalue weighted by molar-refractivity contribution is -0.152. The van der Waals surface area contributed by atoms with Gasteiger partial charge in [-0.25, -0.2) is 18.4 Å². The van der Waals surface area contributed by atoms with Crippen molar-refractivity contribution in [1.29, 1.82) is 0 Å². The summed E-state index contributed by atoms with van der Waals surface area (Å²) in [6.45, 7) is 15.4. The zero-order valence-electron chi connectivity index (χ0n) is 32.1. The summed E-state index contributed by atoms with van der Waals surface area (Å²) in [5, 5.41) is 0. The SMILES string of the molecule is CCOC(=O)C(CC(C)C)OS(C)(=O)=O.CCOC(=O)C(CC(C)C)n1cc(CCN2CC(F)C2)ccc1=O.O=c1ccc(CCN2CC(F)C2)c[nH]1. The molecule has 0 radical (unpaired) electrons. The van der Waals surface area contributed by atoms with Gasteiger partial charge in [-0.1, -0.05) is 39.8 Å². The van der Waals surface area contributed by atoms with Gasteiger partial charge in [0.15, 0.2) is 6.10 Å². The quantitative estimate of drug-likeness (QED) is 0.185. The molecule has 0 bridgehead atoms. The molecule has 16 heteroatoms. The second-order valence-corrected chi connectivity index (χ2v) is 15.7. The van der Waals surface area contributed by atoms with E-state index in [1.165, 1.54) is 16.7 Å². The van der Waals surface area contributed by atoms with Gasteiger partial charge in [0.05, 0.1) is 19.5 Å². The first-order valence-corrected chi connectivity index (χ1v) is 20.0. The molecule has 2 unspecified atom stereocenters. The summed E-state index contributed by atoms with van der Waals surface area (Å²) in [5.74, 6) is -0.580.